The van der Waals surface area contributed by atoms with E-state index in [-0.39, 0.29) is 10.8 Å². The molecule has 0 saturated heterocycles. The van der Waals surface area contributed by atoms with Gasteiger partial charge in [0.15, 0.2) is 5.13 Å². The maximum Gasteiger partial charge on any atom is 0.263 e. The molecule has 0 atom stereocenters. The van der Waals surface area contributed by atoms with Crippen LogP contribution in [0.2, 0.25) is 0 Å². The van der Waals surface area contributed by atoms with Crippen LogP contribution in [0.15, 0.2) is 71.1 Å². The zero-order valence-electron chi connectivity index (χ0n) is 14.3. The van der Waals surface area contributed by atoms with Gasteiger partial charge in [-0.05, 0) is 42.7 Å². The molecule has 4 rings (SSSR count). The standard InChI is InChI=1S/C19H17N3O3S2/c23-17(19(10-11-19)14-4-2-1-3-5-14)21-15-6-8-16(9-7-15)27(24,25)22-18-20-12-13-26-18/h1-9,12-13H,10-11H2,(H,20,22)(H,21,23). The number of thiazole rings is 1. The third kappa shape index (κ3) is 3.58. The van der Waals surface area contributed by atoms with E-state index in [1.807, 2.05) is 30.3 Å². The van der Waals surface area contributed by atoms with Crippen LogP contribution < -0.4 is 10.0 Å². The van der Waals surface area contributed by atoms with E-state index in [4.69, 9.17) is 0 Å². The molecular weight excluding hydrogens is 382 g/mol. The van der Waals surface area contributed by atoms with E-state index in [0.717, 1.165) is 18.4 Å². The number of carbonyl (C=O) groups is 1. The largest absolute Gasteiger partial charge is 0.325 e. The molecule has 1 aliphatic rings. The van der Waals surface area contributed by atoms with Crippen molar-refractivity contribution >= 4 is 38.1 Å². The summed E-state index contributed by atoms with van der Waals surface area (Å²) in [4.78, 5) is 16.8. The molecular formula is C19H17N3O3S2. The maximum absolute atomic E-state index is 12.7. The average Bonchev–Trinajstić information content (AvgIpc) is 3.34. The fourth-order valence-electron chi connectivity index (χ4n) is 2.94. The molecule has 1 amide bonds. The second kappa shape index (κ2) is 6.79. The Morgan fingerprint density at radius 3 is 2.33 bits per heavy atom. The van der Waals surface area contributed by atoms with Crippen LogP contribution in [-0.4, -0.2) is 19.3 Å². The number of aromatic nitrogens is 1. The number of carbonyl (C=O) groups excluding carboxylic acids is 1. The van der Waals surface area contributed by atoms with E-state index in [1.54, 1.807) is 17.5 Å². The molecule has 6 nitrogen and oxygen atoms in total. The van der Waals surface area contributed by atoms with Gasteiger partial charge in [-0.15, -0.1) is 11.3 Å². The molecule has 3 aromatic rings. The number of nitrogens with one attached hydrogen (secondary N) is 2. The molecule has 8 heteroatoms. The molecule has 0 bridgehead atoms. The average molecular weight is 399 g/mol. The van der Waals surface area contributed by atoms with Crippen LogP contribution in [0, 0.1) is 0 Å². The third-order valence-corrected chi connectivity index (χ3v) is 6.76. The van der Waals surface area contributed by atoms with Gasteiger partial charge < -0.3 is 5.32 Å². The summed E-state index contributed by atoms with van der Waals surface area (Å²) < 4.78 is 27.1. The lowest BCUT2D eigenvalue weighted by Crippen LogP contribution is -2.27. The zero-order chi connectivity index (χ0) is 18.9. The first-order valence-electron chi connectivity index (χ1n) is 8.39. The summed E-state index contributed by atoms with van der Waals surface area (Å²) in [5.74, 6) is -0.0646. The summed E-state index contributed by atoms with van der Waals surface area (Å²) >= 11 is 1.21. The number of benzene rings is 2. The van der Waals surface area contributed by atoms with Gasteiger partial charge in [0, 0.05) is 17.3 Å². The smallest absolute Gasteiger partial charge is 0.263 e. The summed E-state index contributed by atoms with van der Waals surface area (Å²) in [7, 11) is -3.70. The van der Waals surface area contributed by atoms with Gasteiger partial charge in [0.05, 0.1) is 10.3 Å². The topological polar surface area (TPSA) is 88.2 Å². The lowest BCUT2D eigenvalue weighted by atomic mass is 9.95. The van der Waals surface area contributed by atoms with Gasteiger partial charge in [-0.2, -0.15) is 0 Å². The number of anilines is 2. The minimum absolute atomic E-state index is 0.0646. The SMILES string of the molecule is O=C(Nc1ccc(S(=O)(=O)Nc2nccs2)cc1)C1(c2ccccc2)CC1. The number of nitrogens with zero attached hydrogens (tertiary/aromatic N) is 1. The summed E-state index contributed by atoms with van der Waals surface area (Å²) in [6.07, 6.45) is 3.15. The number of hydrogen-bond acceptors (Lipinski definition) is 5. The highest BCUT2D eigenvalue weighted by atomic mass is 32.2. The van der Waals surface area contributed by atoms with E-state index in [9.17, 15) is 13.2 Å². The highest BCUT2D eigenvalue weighted by Gasteiger charge is 2.51. The second-order valence-corrected chi connectivity index (χ2v) is 8.95. The first kappa shape index (κ1) is 17.7. The van der Waals surface area contributed by atoms with Crippen LogP contribution in [0.25, 0.3) is 0 Å². The first-order chi connectivity index (χ1) is 13.0. The molecule has 1 aliphatic carbocycles. The summed E-state index contributed by atoms with van der Waals surface area (Å²) in [6, 6.07) is 15.8. The van der Waals surface area contributed by atoms with Gasteiger partial charge >= 0.3 is 0 Å². The van der Waals surface area contributed by atoms with Crippen molar-refractivity contribution in [3.63, 3.8) is 0 Å². The zero-order valence-corrected chi connectivity index (χ0v) is 15.9. The fourth-order valence-corrected chi connectivity index (χ4v) is 4.73. The maximum atomic E-state index is 12.7. The van der Waals surface area contributed by atoms with Gasteiger partial charge in [-0.1, -0.05) is 30.3 Å². The number of hydrogen-bond donors (Lipinski definition) is 2. The van der Waals surface area contributed by atoms with Crippen LogP contribution >= 0.6 is 11.3 Å². The Kier molecular flexibility index (Phi) is 4.45. The second-order valence-electron chi connectivity index (χ2n) is 6.37. The Labute approximate surface area is 161 Å². The van der Waals surface area contributed by atoms with E-state index >= 15 is 0 Å². The van der Waals surface area contributed by atoms with Gasteiger partial charge in [-0.3, -0.25) is 9.52 Å². The van der Waals surface area contributed by atoms with Crippen molar-refractivity contribution in [2.24, 2.45) is 0 Å². The number of amides is 1. The normalized spacial score (nSPS) is 15.1. The van der Waals surface area contributed by atoms with Gasteiger partial charge in [0.1, 0.15) is 0 Å². The summed E-state index contributed by atoms with van der Waals surface area (Å²) in [5, 5.41) is 4.91. The van der Waals surface area contributed by atoms with Crippen LogP contribution in [0.4, 0.5) is 10.8 Å². The molecule has 2 aromatic carbocycles. The summed E-state index contributed by atoms with van der Waals surface area (Å²) in [6.45, 7) is 0. The van der Waals surface area contributed by atoms with Crippen LogP contribution in [0.1, 0.15) is 18.4 Å². The van der Waals surface area contributed by atoms with Crippen molar-refractivity contribution in [2.45, 2.75) is 23.2 Å². The Bertz CT molecular complexity index is 1040. The van der Waals surface area contributed by atoms with Gasteiger partial charge in [0.2, 0.25) is 5.91 Å². The Hall–Kier alpha value is -2.71. The lowest BCUT2D eigenvalue weighted by Gasteiger charge is -2.16. The molecule has 2 N–H and O–H groups in total. The Morgan fingerprint density at radius 1 is 1.04 bits per heavy atom. The van der Waals surface area contributed by atoms with E-state index in [2.05, 4.69) is 15.0 Å². The van der Waals surface area contributed by atoms with Crippen molar-refractivity contribution < 1.29 is 13.2 Å². The lowest BCUT2D eigenvalue weighted by molar-refractivity contribution is -0.118. The highest BCUT2D eigenvalue weighted by Crippen LogP contribution is 2.48. The molecule has 27 heavy (non-hydrogen) atoms. The fraction of sp³-hybridized carbons (Fsp3) is 0.158. The number of sulfonamides is 1. The van der Waals surface area contributed by atoms with E-state index in [0.29, 0.717) is 10.8 Å². The van der Waals surface area contributed by atoms with Crippen molar-refractivity contribution in [1.29, 1.82) is 0 Å². The van der Waals surface area contributed by atoms with Crippen LogP contribution in [-0.2, 0) is 20.2 Å². The van der Waals surface area contributed by atoms with Crippen molar-refractivity contribution in [3.05, 3.63) is 71.7 Å². The first-order valence-corrected chi connectivity index (χ1v) is 10.8. The van der Waals surface area contributed by atoms with Gasteiger partial charge in [-0.25, -0.2) is 13.4 Å². The molecule has 0 radical (unpaired) electrons. The minimum Gasteiger partial charge on any atom is -0.325 e. The predicted octanol–water partition coefficient (Wildman–Crippen LogP) is 3.61. The number of rotatable bonds is 6. The van der Waals surface area contributed by atoms with E-state index in [1.165, 1.54) is 29.7 Å². The van der Waals surface area contributed by atoms with Crippen LogP contribution in [0.5, 0.6) is 0 Å². The molecule has 0 spiro atoms. The molecule has 1 saturated carbocycles. The molecule has 1 fully saturated rings. The van der Waals surface area contributed by atoms with Crippen molar-refractivity contribution in [1.82, 2.24) is 4.98 Å². The molecule has 0 aliphatic heterocycles. The molecule has 1 aromatic heterocycles. The van der Waals surface area contributed by atoms with Crippen molar-refractivity contribution in [2.75, 3.05) is 10.0 Å². The predicted molar refractivity (Wildman–Crippen MR) is 105 cm³/mol. The molecule has 1 heterocycles. The van der Waals surface area contributed by atoms with Crippen LogP contribution in [0.3, 0.4) is 0 Å². The molecule has 138 valence electrons. The molecule has 0 unspecified atom stereocenters. The third-order valence-electron chi connectivity index (χ3n) is 4.59. The summed E-state index contributed by atoms with van der Waals surface area (Å²) in [5.41, 5.74) is 1.10. The van der Waals surface area contributed by atoms with E-state index < -0.39 is 15.4 Å². The highest BCUT2D eigenvalue weighted by molar-refractivity contribution is 7.93. The van der Waals surface area contributed by atoms with Crippen molar-refractivity contribution in [3.8, 4) is 0 Å². The quantitative estimate of drug-likeness (QED) is 0.663. The minimum atomic E-state index is -3.70. The Balaban J connectivity index is 1.48. The van der Waals surface area contributed by atoms with Gasteiger partial charge in [0.25, 0.3) is 10.0 Å². The monoisotopic (exact) mass is 399 g/mol. The Morgan fingerprint density at radius 2 is 1.74 bits per heavy atom.